The van der Waals surface area contributed by atoms with Gasteiger partial charge in [-0.25, -0.2) is 9.48 Å². The van der Waals surface area contributed by atoms with Crippen LogP contribution in [0.3, 0.4) is 0 Å². The van der Waals surface area contributed by atoms with Crippen molar-refractivity contribution >= 4 is 16.9 Å². The van der Waals surface area contributed by atoms with Crippen molar-refractivity contribution in [1.82, 2.24) is 29.9 Å². The minimum Gasteiger partial charge on any atom is -0.476 e. The van der Waals surface area contributed by atoms with Crippen molar-refractivity contribution in [3.05, 3.63) is 33.7 Å². The molecule has 0 amide bonds. The van der Waals surface area contributed by atoms with E-state index in [1.54, 1.807) is 13.2 Å². The zero-order chi connectivity index (χ0) is 15.1. The molecule has 0 unspecified atom stereocenters. The van der Waals surface area contributed by atoms with Gasteiger partial charge in [-0.2, -0.15) is 5.10 Å². The molecule has 10 heteroatoms. The highest BCUT2D eigenvalue weighted by atomic mass is 16.5. The van der Waals surface area contributed by atoms with Crippen LogP contribution >= 0.6 is 0 Å². The summed E-state index contributed by atoms with van der Waals surface area (Å²) in [6, 6.07) is 0. The lowest BCUT2D eigenvalue weighted by Crippen LogP contribution is -2.26. The molecule has 0 aromatic carbocycles. The summed E-state index contributed by atoms with van der Waals surface area (Å²) in [5.41, 5.74) is -0.420. The molecule has 108 valence electrons. The van der Waals surface area contributed by atoms with Crippen LogP contribution in [-0.4, -0.2) is 41.0 Å². The molecule has 0 aliphatic heterocycles. The van der Waals surface area contributed by atoms with Crippen LogP contribution in [-0.2, 0) is 13.6 Å². The van der Waals surface area contributed by atoms with Gasteiger partial charge < -0.3 is 9.63 Å². The number of aromatic nitrogens is 6. The molecule has 0 saturated heterocycles. The molecule has 0 fully saturated rings. The van der Waals surface area contributed by atoms with Crippen molar-refractivity contribution in [2.45, 2.75) is 13.5 Å². The number of hydrogen-bond acceptors (Lipinski definition) is 7. The summed E-state index contributed by atoms with van der Waals surface area (Å²) in [5.74, 6) is -1.03. The topological polar surface area (TPSA) is 129 Å². The first-order valence-electron chi connectivity index (χ1n) is 5.93. The Kier molecular flexibility index (Phi) is 2.78. The smallest absolute Gasteiger partial charge is 0.357 e. The van der Waals surface area contributed by atoms with Crippen molar-refractivity contribution < 1.29 is 14.4 Å². The van der Waals surface area contributed by atoms with Gasteiger partial charge in [0.05, 0.1) is 18.1 Å². The largest absolute Gasteiger partial charge is 0.476 e. The van der Waals surface area contributed by atoms with Crippen LogP contribution in [0.25, 0.3) is 10.9 Å². The molecule has 3 aromatic rings. The minimum atomic E-state index is -1.26. The second-order valence-corrected chi connectivity index (χ2v) is 4.46. The number of aryl methyl sites for hydroxylation is 2. The average Bonchev–Trinajstić information content (AvgIpc) is 3.00. The summed E-state index contributed by atoms with van der Waals surface area (Å²) in [6.45, 7) is 1.52. The van der Waals surface area contributed by atoms with Crippen molar-refractivity contribution in [3.63, 3.8) is 0 Å². The number of aromatic carboxylic acids is 1. The van der Waals surface area contributed by atoms with Crippen LogP contribution in [0.5, 0.6) is 0 Å². The van der Waals surface area contributed by atoms with Gasteiger partial charge in [-0.3, -0.25) is 9.48 Å². The predicted octanol–water partition coefficient (Wildman–Crippen LogP) is -0.432. The summed E-state index contributed by atoms with van der Waals surface area (Å²) in [5, 5.41) is 24.4. The Morgan fingerprint density at radius 3 is 2.86 bits per heavy atom. The first kappa shape index (κ1) is 13.0. The van der Waals surface area contributed by atoms with E-state index in [-0.39, 0.29) is 28.9 Å². The number of rotatable bonds is 3. The SMILES string of the molecule is Cc1onc2c(=O)n(Cc3cn(C)nn3)nc(C(=O)O)c12. The third-order valence-corrected chi connectivity index (χ3v) is 2.92. The number of nitrogens with zero attached hydrogens (tertiary/aromatic N) is 6. The predicted molar refractivity (Wildman–Crippen MR) is 67.9 cm³/mol. The van der Waals surface area contributed by atoms with Crippen LogP contribution in [0, 0.1) is 6.92 Å². The van der Waals surface area contributed by atoms with Gasteiger partial charge >= 0.3 is 5.97 Å². The minimum absolute atomic E-state index is 0.00516. The standard InChI is InChI=1S/C11H10N6O4/c1-5-7-8(14-21-5)10(18)17(13-9(7)11(19)20)4-6-3-16(2)15-12-6/h3H,4H2,1-2H3,(H,19,20). The van der Waals surface area contributed by atoms with E-state index in [2.05, 4.69) is 20.6 Å². The Hall–Kier alpha value is -3.04. The van der Waals surface area contributed by atoms with Gasteiger partial charge in [0.25, 0.3) is 5.56 Å². The molecule has 0 atom stereocenters. The number of carbonyl (C=O) groups is 1. The number of carboxylic acid groups (broad SMARTS) is 1. The van der Waals surface area contributed by atoms with Gasteiger partial charge in [0.1, 0.15) is 11.5 Å². The molecular weight excluding hydrogens is 280 g/mol. The maximum absolute atomic E-state index is 12.3. The van der Waals surface area contributed by atoms with Gasteiger partial charge in [0.2, 0.25) is 0 Å². The Balaban J connectivity index is 2.21. The zero-order valence-electron chi connectivity index (χ0n) is 11.1. The zero-order valence-corrected chi connectivity index (χ0v) is 11.1. The summed E-state index contributed by atoms with van der Waals surface area (Å²) < 4.78 is 7.35. The Bertz CT molecular complexity index is 905. The molecule has 10 nitrogen and oxygen atoms in total. The molecular formula is C11H10N6O4. The normalized spacial score (nSPS) is 11.1. The summed E-state index contributed by atoms with van der Waals surface area (Å²) in [4.78, 5) is 23.6. The third-order valence-electron chi connectivity index (χ3n) is 2.92. The van der Waals surface area contributed by atoms with Crippen molar-refractivity contribution in [2.75, 3.05) is 0 Å². The lowest BCUT2D eigenvalue weighted by atomic mass is 10.2. The highest BCUT2D eigenvalue weighted by Crippen LogP contribution is 2.17. The molecule has 0 radical (unpaired) electrons. The van der Waals surface area contributed by atoms with Crippen LogP contribution in [0.2, 0.25) is 0 Å². The molecule has 21 heavy (non-hydrogen) atoms. The molecule has 3 aromatic heterocycles. The third kappa shape index (κ3) is 2.06. The van der Waals surface area contributed by atoms with E-state index < -0.39 is 11.5 Å². The van der Waals surface area contributed by atoms with Crippen LogP contribution in [0.15, 0.2) is 15.5 Å². The maximum Gasteiger partial charge on any atom is 0.357 e. The molecule has 1 N–H and O–H groups in total. The summed E-state index contributed by atoms with van der Waals surface area (Å²) >= 11 is 0. The number of hydrogen-bond donors (Lipinski definition) is 1. The lowest BCUT2D eigenvalue weighted by molar-refractivity contribution is 0.0690. The fraction of sp³-hybridized carbons (Fsp3) is 0.273. The quantitative estimate of drug-likeness (QED) is 0.687. The average molecular weight is 290 g/mol. The van der Waals surface area contributed by atoms with Crippen LogP contribution < -0.4 is 5.56 Å². The molecule has 0 bridgehead atoms. The highest BCUT2D eigenvalue weighted by molar-refractivity contribution is 6.00. The maximum atomic E-state index is 12.3. The fourth-order valence-electron chi connectivity index (χ4n) is 2.01. The molecule has 0 aliphatic carbocycles. The van der Waals surface area contributed by atoms with E-state index in [0.717, 1.165) is 4.68 Å². The monoisotopic (exact) mass is 290 g/mol. The summed E-state index contributed by atoms with van der Waals surface area (Å²) in [6.07, 6.45) is 1.60. The Labute approximate surface area is 116 Å². The highest BCUT2D eigenvalue weighted by Gasteiger charge is 2.22. The van der Waals surface area contributed by atoms with Gasteiger partial charge in [-0.05, 0) is 6.92 Å². The molecule has 3 rings (SSSR count). The van der Waals surface area contributed by atoms with Gasteiger partial charge in [0, 0.05) is 7.05 Å². The molecule has 0 aliphatic rings. The van der Waals surface area contributed by atoms with Gasteiger partial charge in [0.15, 0.2) is 11.2 Å². The molecule has 3 heterocycles. The lowest BCUT2D eigenvalue weighted by Gasteiger charge is -2.03. The van der Waals surface area contributed by atoms with E-state index in [9.17, 15) is 14.7 Å². The van der Waals surface area contributed by atoms with Crippen molar-refractivity contribution in [2.24, 2.45) is 7.05 Å². The van der Waals surface area contributed by atoms with Crippen LogP contribution in [0.1, 0.15) is 21.9 Å². The second-order valence-electron chi connectivity index (χ2n) is 4.46. The summed E-state index contributed by atoms with van der Waals surface area (Å²) in [7, 11) is 1.68. The van der Waals surface area contributed by atoms with Crippen molar-refractivity contribution in [3.8, 4) is 0 Å². The fourth-order valence-corrected chi connectivity index (χ4v) is 2.01. The van der Waals surface area contributed by atoms with Crippen molar-refractivity contribution in [1.29, 1.82) is 0 Å². The van der Waals surface area contributed by atoms with E-state index >= 15 is 0 Å². The first-order chi connectivity index (χ1) is 9.97. The van der Waals surface area contributed by atoms with E-state index in [1.807, 2.05) is 0 Å². The van der Waals surface area contributed by atoms with Crippen LogP contribution in [0.4, 0.5) is 0 Å². The van der Waals surface area contributed by atoms with Gasteiger partial charge in [-0.1, -0.05) is 10.4 Å². The molecule has 0 saturated carbocycles. The number of fused-ring (bicyclic) bond motifs is 1. The first-order valence-corrected chi connectivity index (χ1v) is 5.93. The Morgan fingerprint density at radius 2 is 2.24 bits per heavy atom. The molecule has 0 spiro atoms. The van der Waals surface area contributed by atoms with E-state index in [0.29, 0.717) is 5.69 Å². The van der Waals surface area contributed by atoms with Gasteiger partial charge in [-0.15, -0.1) is 5.10 Å². The van der Waals surface area contributed by atoms with E-state index in [4.69, 9.17) is 4.52 Å². The number of carboxylic acids is 1. The second kappa shape index (κ2) is 4.51. The Morgan fingerprint density at radius 1 is 1.48 bits per heavy atom. The van der Waals surface area contributed by atoms with E-state index in [1.165, 1.54) is 11.6 Å².